The number of Topliss-reactive ketones (excluding diaryl/α,β-unsaturated/α-hetero) is 2. The molecule has 2 atom stereocenters. The summed E-state index contributed by atoms with van der Waals surface area (Å²) in [5.41, 5.74) is 2.77. The molecule has 0 saturated carbocycles. The molecule has 0 saturated heterocycles. The number of ether oxygens (including phenoxy) is 2. The summed E-state index contributed by atoms with van der Waals surface area (Å²) in [6, 6.07) is 22.4. The van der Waals surface area contributed by atoms with Crippen molar-refractivity contribution >= 4 is 17.3 Å². The van der Waals surface area contributed by atoms with Gasteiger partial charge in [0, 0.05) is 53.4 Å². The number of allylic oxidation sites excluding steroid dienone is 1. The number of ketones is 2. The van der Waals surface area contributed by atoms with E-state index in [9.17, 15) is 19.7 Å². The smallest absolute Gasteiger partial charge is 0.270 e. The van der Waals surface area contributed by atoms with E-state index in [0.717, 1.165) is 5.69 Å². The number of rotatable bonds is 7. The maximum absolute atomic E-state index is 14.1. The van der Waals surface area contributed by atoms with Gasteiger partial charge < -0.3 is 9.47 Å². The molecule has 1 aromatic heterocycles. The summed E-state index contributed by atoms with van der Waals surface area (Å²) in [7, 11) is 1.55. The van der Waals surface area contributed by atoms with Gasteiger partial charge in [-0.3, -0.25) is 19.7 Å². The number of aromatic nitrogens is 2. The highest BCUT2D eigenvalue weighted by Crippen LogP contribution is 2.51. The van der Waals surface area contributed by atoms with Crippen LogP contribution in [0.1, 0.15) is 48.5 Å². The van der Waals surface area contributed by atoms with Crippen LogP contribution in [0.4, 0.5) is 5.69 Å². The Bertz CT molecular complexity index is 1740. The van der Waals surface area contributed by atoms with Gasteiger partial charge in [-0.2, -0.15) is 5.10 Å². The third kappa shape index (κ3) is 4.87. The van der Waals surface area contributed by atoms with Crippen molar-refractivity contribution in [3.8, 4) is 22.7 Å². The highest BCUT2D eigenvalue weighted by Gasteiger charge is 2.50. The Hall–Kier alpha value is -5.05. The molecule has 2 aliphatic rings. The number of non-ortho nitro benzene ring substituents is 1. The second-order valence-corrected chi connectivity index (χ2v) is 11.4. The van der Waals surface area contributed by atoms with E-state index in [1.165, 1.54) is 12.1 Å². The molecular weight excluding hydrogens is 534 g/mol. The van der Waals surface area contributed by atoms with E-state index in [-0.39, 0.29) is 22.7 Å². The Balaban J connectivity index is 1.55. The maximum atomic E-state index is 14.1. The van der Waals surface area contributed by atoms with Crippen LogP contribution in [0.15, 0.2) is 96.4 Å². The van der Waals surface area contributed by atoms with Gasteiger partial charge in [-0.25, -0.2) is 4.68 Å². The Morgan fingerprint density at radius 3 is 2.48 bits per heavy atom. The average molecular weight is 564 g/mol. The maximum Gasteiger partial charge on any atom is 0.270 e. The number of nitrogens with zero attached hydrogens (tertiary/aromatic N) is 3. The number of nitro benzene ring substituents is 1. The normalized spacial score (nSPS) is 19.3. The van der Waals surface area contributed by atoms with E-state index in [4.69, 9.17) is 14.6 Å². The second-order valence-electron chi connectivity index (χ2n) is 11.4. The first kappa shape index (κ1) is 27.1. The van der Waals surface area contributed by atoms with Gasteiger partial charge in [-0.15, -0.1) is 0 Å². The SMILES string of the molecule is COc1ccc(C(=O)[C@H]2OC3=C(C(=O)CC(C)(C)C3)[C@@H]2c2cn(-c3ccccc3)nc2-c2cccc([N+](=O)[O-])c2)cc1. The van der Waals surface area contributed by atoms with Crippen molar-refractivity contribution in [2.45, 2.75) is 38.7 Å². The van der Waals surface area contributed by atoms with Gasteiger partial charge in [-0.05, 0) is 41.8 Å². The first-order chi connectivity index (χ1) is 20.1. The van der Waals surface area contributed by atoms with E-state index >= 15 is 0 Å². The molecule has 1 aliphatic carbocycles. The van der Waals surface area contributed by atoms with Crippen LogP contribution in [-0.4, -0.2) is 39.5 Å². The Kier molecular flexibility index (Phi) is 6.73. The van der Waals surface area contributed by atoms with Crippen molar-refractivity contribution in [2.75, 3.05) is 7.11 Å². The van der Waals surface area contributed by atoms with Crippen LogP contribution in [0.25, 0.3) is 16.9 Å². The molecule has 0 amide bonds. The lowest BCUT2D eigenvalue weighted by Crippen LogP contribution is -2.29. The predicted octanol–water partition coefficient (Wildman–Crippen LogP) is 6.46. The monoisotopic (exact) mass is 563 g/mol. The number of carbonyl (C=O) groups excluding carboxylic acids is 2. The van der Waals surface area contributed by atoms with E-state index in [2.05, 4.69) is 0 Å². The van der Waals surface area contributed by atoms with Gasteiger partial charge in [0.25, 0.3) is 5.69 Å². The van der Waals surface area contributed by atoms with E-state index in [1.54, 1.807) is 54.4 Å². The number of para-hydroxylation sites is 1. The van der Waals surface area contributed by atoms with Crippen molar-refractivity contribution in [1.29, 1.82) is 0 Å². The van der Waals surface area contributed by atoms with Crippen LogP contribution in [0.3, 0.4) is 0 Å². The summed E-state index contributed by atoms with van der Waals surface area (Å²) in [4.78, 5) is 39.0. The standard InChI is InChI=1S/C33H29N3O6/c1-33(2)17-26(37)29-27(18-33)42-32(31(38)20-12-14-24(41-3)15-13-20)28(29)25-19-35(22-9-5-4-6-10-22)34-30(25)21-8-7-11-23(16-21)36(39)40/h4-16,19,28,32H,17-18H2,1-3H3/t28-,32-/m0/s1. The predicted molar refractivity (Wildman–Crippen MR) is 156 cm³/mol. The second kappa shape index (κ2) is 10.4. The van der Waals surface area contributed by atoms with Crippen LogP contribution >= 0.6 is 0 Å². The molecule has 4 aromatic rings. The molecular formula is C33H29N3O6. The van der Waals surface area contributed by atoms with Gasteiger partial charge in [0.15, 0.2) is 11.9 Å². The lowest BCUT2D eigenvalue weighted by atomic mass is 9.72. The summed E-state index contributed by atoms with van der Waals surface area (Å²) in [6.07, 6.45) is 1.60. The molecule has 0 bridgehead atoms. The van der Waals surface area contributed by atoms with Gasteiger partial charge in [0.2, 0.25) is 5.78 Å². The summed E-state index contributed by atoms with van der Waals surface area (Å²) < 4.78 is 13.3. The van der Waals surface area contributed by atoms with Crippen molar-refractivity contribution in [3.05, 3.63) is 118 Å². The lowest BCUT2D eigenvalue weighted by molar-refractivity contribution is -0.384. The quantitative estimate of drug-likeness (QED) is 0.144. The van der Waals surface area contributed by atoms with Crippen LogP contribution in [-0.2, 0) is 9.53 Å². The van der Waals surface area contributed by atoms with Crippen molar-refractivity contribution in [1.82, 2.24) is 9.78 Å². The van der Waals surface area contributed by atoms with Crippen molar-refractivity contribution in [3.63, 3.8) is 0 Å². The number of nitro groups is 1. The van der Waals surface area contributed by atoms with E-state index in [1.807, 2.05) is 44.2 Å². The fourth-order valence-electron chi connectivity index (χ4n) is 5.86. The highest BCUT2D eigenvalue weighted by atomic mass is 16.6. The molecule has 6 rings (SSSR count). The minimum atomic E-state index is -1.02. The minimum absolute atomic E-state index is 0.0752. The molecule has 0 spiro atoms. The molecule has 3 aromatic carbocycles. The van der Waals surface area contributed by atoms with Crippen molar-refractivity contribution in [2.24, 2.45) is 5.41 Å². The summed E-state index contributed by atoms with van der Waals surface area (Å²) in [6.45, 7) is 4.02. The Labute approximate surface area is 242 Å². The van der Waals surface area contributed by atoms with Gasteiger partial charge >= 0.3 is 0 Å². The van der Waals surface area contributed by atoms with Crippen LogP contribution in [0, 0.1) is 15.5 Å². The Morgan fingerprint density at radius 2 is 1.79 bits per heavy atom. The molecule has 42 heavy (non-hydrogen) atoms. The van der Waals surface area contributed by atoms with E-state index < -0.39 is 16.9 Å². The number of benzene rings is 3. The van der Waals surface area contributed by atoms with Crippen LogP contribution in [0.2, 0.25) is 0 Å². The molecule has 0 unspecified atom stereocenters. The van der Waals surface area contributed by atoms with Gasteiger partial charge in [0.1, 0.15) is 11.5 Å². The van der Waals surface area contributed by atoms with E-state index in [0.29, 0.717) is 52.3 Å². The topological polar surface area (TPSA) is 114 Å². The molecule has 0 radical (unpaired) electrons. The molecule has 2 heterocycles. The molecule has 0 N–H and O–H groups in total. The average Bonchev–Trinajstić information content (AvgIpc) is 3.59. The minimum Gasteiger partial charge on any atom is -0.497 e. The van der Waals surface area contributed by atoms with Gasteiger partial charge in [-0.1, -0.05) is 44.2 Å². The van der Waals surface area contributed by atoms with Gasteiger partial charge in [0.05, 0.1) is 29.3 Å². The fraction of sp³-hybridized carbons (Fsp3) is 0.242. The molecule has 9 nitrogen and oxygen atoms in total. The first-order valence-corrected chi connectivity index (χ1v) is 13.7. The molecule has 212 valence electrons. The number of hydrogen-bond donors (Lipinski definition) is 0. The van der Waals surface area contributed by atoms with Crippen molar-refractivity contribution < 1.29 is 24.0 Å². The fourth-order valence-corrected chi connectivity index (χ4v) is 5.86. The third-order valence-electron chi connectivity index (χ3n) is 7.82. The number of methoxy groups -OCH3 is 1. The summed E-state index contributed by atoms with van der Waals surface area (Å²) >= 11 is 0. The Morgan fingerprint density at radius 1 is 1.05 bits per heavy atom. The summed E-state index contributed by atoms with van der Waals surface area (Å²) in [5, 5.41) is 16.5. The number of hydrogen-bond acceptors (Lipinski definition) is 7. The zero-order valence-electron chi connectivity index (χ0n) is 23.4. The summed E-state index contributed by atoms with van der Waals surface area (Å²) in [5.74, 6) is 0.0196. The largest absolute Gasteiger partial charge is 0.497 e. The first-order valence-electron chi connectivity index (χ1n) is 13.7. The molecule has 0 fully saturated rings. The highest BCUT2D eigenvalue weighted by molar-refractivity contribution is 6.06. The van der Waals surface area contributed by atoms with Crippen LogP contribution < -0.4 is 4.74 Å². The van der Waals surface area contributed by atoms with Crippen LogP contribution in [0.5, 0.6) is 5.75 Å². The zero-order chi connectivity index (χ0) is 29.6. The molecule has 1 aliphatic heterocycles. The molecule has 9 heteroatoms. The third-order valence-corrected chi connectivity index (χ3v) is 7.82. The lowest BCUT2D eigenvalue weighted by Gasteiger charge is -2.29. The number of carbonyl (C=O) groups is 2. The zero-order valence-corrected chi connectivity index (χ0v) is 23.4.